The van der Waals surface area contributed by atoms with Crippen LogP contribution in [0.25, 0.3) is 0 Å². The van der Waals surface area contributed by atoms with Crippen LogP contribution < -0.4 is 18.9 Å². The minimum atomic E-state index is -1.25. The maximum atomic E-state index is 14.7. The topological polar surface area (TPSA) is 124 Å². The van der Waals surface area contributed by atoms with Crippen LogP contribution in [0.3, 0.4) is 0 Å². The molecule has 0 bridgehead atoms. The van der Waals surface area contributed by atoms with Crippen molar-refractivity contribution in [3.8, 4) is 23.0 Å². The van der Waals surface area contributed by atoms with Crippen molar-refractivity contribution in [3.05, 3.63) is 109 Å². The summed E-state index contributed by atoms with van der Waals surface area (Å²) in [5.74, 6) is -5.80. The van der Waals surface area contributed by atoms with Gasteiger partial charge in [-0.3, -0.25) is 0 Å². The van der Waals surface area contributed by atoms with Gasteiger partial charge in [-0.1, -0.05) is 13.2 Å². The maximum absolute atomic E-state index is 14.7. The third-order valence-electron chi connectivity index (χ3n) is 6.24. The fourth-order valence-corrected chi connectivity index (χ4v) is 3.85. The van der Waals surface area contributed by atoms with Crippen LogP contribution in [-0.2, 0) is 19.1 Å². The molecular weight excluding hydrogens is 618 g/mol. The van der Waals surface area contributed by atoms with Crippen LogP contribution in [0, 0.1) is 11.6 Å². The Morgan fingerprint density at radius 3 is 1.47 bits per heavy atom. The number of hydrogen-bond donors (Lipinski definition) is 0. The first-order chi connectivity index (χ1) is 22.7. The zero-order valence-corrected chi connectivity index (χ0v) is 25.5. The van der Waals surface area contributed by atoms with E-state index >= 15 is 0 Å². The molecule has 0 spiro atoms. The molecule has 0 radical (unpaired) electrons. The summed E-state index contributed by atoms with van der Waals surface area (Å²) in [6, 6.07) is 13.1. The summed E-state index contributed by atoms with van der Waals surface area (Å²) < 4.78 is 60.4. The molecule has 12 heteroatoms. The lowest BCUT2D eigenvalue weighted by Gasteiger charge is -2.11. The van der Waals surface area contributed by atoms with Crippen LogP contribution in [0.4, 0.5) is 8.78 Å². The Bertz CT molecular complexity index is 1510. The van der Waals surface area contributed by atoms with Gasteiger partial charge in [0.05, 0.1) is 37.6 Å². The molecule has 0 fully saturated rings. The number of ether oxygens (including phenoxy) is 6. The molecule has 10 nitrogen and oxygen atoms in total. The molecule has 0 atom stereocenters. The van der Waals surface area contributed by atoms with E-state index in [9.17, 15) is 28.0 Å². The largest absolute Gasteiger partial charge is 0.494 e. The number of carbonyl (C=O) groups excluding carboxylic acids is 4. The van der Waals surface area contributed by atoms with Gasteiger partial charge in [0, 0.05) is 30.7 Å². The molecule has 0 aliphatic carbocycles. The van der Waals surface area contributed by atoms with Crippen LogP contribution in [-0.4, -0.2) is 50.3 Å². The third kappa shape index (κ3) is 12.4. The van der Waals surface area contributed by atoms with E-state index < -0.39 is 47.0 Å². The van der Waals surface area contributed by atoms with Gasteiger partial charge >= 0.3 is 23.9 Å². The molecule has 0 aliphatic rings. The van der Waals surface area contributed by atoms with Gasteiger partial charge < -0.3 is 28.4 Å². The van der Waals surface area contributed by atoms with Gasteiger partial charge in [-0.25, -0.2) is 28.0 Å². The SMILES string of the molecule is C=CC(=O)OCCCCCCOc1ccc(C(=O)Oc2c(F)cc(OC(=O)c3ccc(OCCCOC(=O)C=C)cc3)cc2F)cc1. The van der Waals surface area contributed by atoms with E-state index in [1.807, 2.05) is 0 Å². The fourth-order valence-electron chi connectivity index (χ4n) is 3.85. The number of rotatable bonds is 19. The molecular formula is C35H34F2O10. The van der Waals surface area contributed by atoms with Gasteiger partial charge in [0.15, 0.2) is 11.6 Å². The lowest BCUT2D eigenvalue weighted by Crippen LogP contribution is -2.12. The van der Waals surface area contributed by atoms with Crippen LogP contribution >= 0.6 is 0 Å². The van der Waals surface area contributed by atoms with Gasteiger partial charge in [-0.15, -0.1) is 0 Å². The Balaban J connectivity index is 1.44. The highest BCUT2D eigenvalue weighted by Gasteiger charge is 2.20. The molecule has 0 aliphatic heterocycles. The number of esters is 4. The lowest BCUT2D eigenvalue weighted by atomic mass is 10.2. The van der Waals surface area contributed by atoms with E-state index in [0.29, 0.717) is 31.1 Å². The second kappa shape index (κ2) is 19.1. The van der Waals surface area contributed by atoms with E-state index in [4.69, 9.17) is 28.4 Å². The van der Waals surface area contributed by atoms with Crippen molar-refractivity contribution < 1.29 is 56.4 Å². The number of halogens is 2. The Hall–Kier alpha value is -5.52. The second-order valence-electron chi connectivity index (χ2n) is 9.75. The average molecular weight is 653 g/mol. The molecule has 0 saturated carbocycles. The zero-order chi connectivity index (χ0) is 34.0. The lowest BCUT2D eigenvalue weighted by molar-refractivity contribution is -0.138. The normalized spacial score (nSPS) is 10.3. The van der Waals surface area contributed by atoms with Crippen molar-refractivity contribution in [3.63, 3.8) is 0 Å². The Morgan fingerprint density at radius 2 is 0.979 bits per heavy atom. The van der Waals surface area contributed by atoms with Crippen LogP contribution in [0.1, 0.15) is 52.8 Å². The molecule has 0 amide bonds. The monoisotopic (exact) mass is 652 g/mol. The minimum absolute atomic E-state index is 0.0317. The van der Waals surface area contributed by atoms with E-state index in [-0.39, 0.29) is 24.3 Å². The first-order valence-electron chi connectivity index (χ1n) is 14.7. The quantitative estimate of drug-likeness (QED) is 0.0608. The van der Waals surface area contributed by atoms with Crippen LogP contribution in [0.5, 0.6) is 23.0 Å². The predicted octanol–water partition coefficient (Wildman–Crippen LogP) is 6.57. The molecule has 0 aromatic heterocycles. The summed E-state index contributed by atoms with van der Waals surface area (Å²) in [7, 11) is 0. The minimum Gasteiger partial charge on any atom is -0.494 e. The smallest absolute Gasteiger partial charge is 0.343 e. The summed E-state index contributed by atoms with van der Waals surface area (Å²) in [6.07, 6.45) is 5.85. The van der Waals surface area contributed by atoms with Crippen LogP contribution in [0.15, 0.2) is 86.0 Å². The summed E-state index contributed by atoms with van der Waals surface area (Å²) in [6.45, 7) is 7.81. The van der Waals surface area contributed by atoms with Gasteiger partial charge in [0.25, 0.3) is 0 Å². The number of benzene rings is 3. The number of unbranched alkanes of at least 4 members (excludes halogenated alkanes) is 3. The molecule has 0 saturated heterocycles. The van der Waals surface area contributed by atoms with E-state index in [1.165, 1.54) is 48.5 Å². The molecule has 3 aromatic carbocycles. The molecule has 3 aromatic rings. The van der Waals surface area contributed by atoms with Gasteiger partial charge in [0.1, 0.15) is 17.2 Å². The van der Waals surface area contributed by atoms with Crippen molar-refractivity contribution in [2.24, 2.45) is 0 Å². The van der Waals surface area contributed by atoms with Gasteiger partial charge in [-0.05, 0) is 74.2 Å². The Labute approximate surface area is 270 Å². The van der Waals surface area contributed by atoms with Crippen molar-refractivity contribution in [1.29, 1.82) is 0 Å². The Morgan fingerprint density at radius 1 is 0.553 bits per heavy atom. The van der Waals surface area contributed by atoms with Gasteiger partial charge in [0.2, 0.25) is 5.75 Å². The maximum Gasteiger partial charge on any atom is 0.343 e. The third-order valence-corrected chi connectivity index (χ3v) is 6.24. The standard InChI is InChI=1S/C35H34F2O10/c1-3-31(38)44-19-8-6-5-7-18-42-26-16-12-25(13-17-26)35(41)47-33-29(36)22-28(23-30(33)37)46-34(40)24-10-14-27(15-11-24)43-20-9-21-45-32(39)4-2/h3-4,10-17,22-23H,1-2,5-9,18-21H2. The van der Waals surface area contributed by atoms with Crippen LogP contribution in [0.2, 0.25) is 0 Å². The number of hydrogen-bond acceptors (Lipinski definition) is 10. The van der Waals surface area contributed by atoms with E-state index in [1.54, 1.807) is 0 Å². The molecule has 0 unspecified atom stereocenters. The van der Waals surface area contributed by atoms with E-state index in [2.05, 4.69) is 13.2 Å². The van der Waals surface area contributed by atoms with Crippen molar-refractivity contribution in [2.45, 2.75) is 32.1 Å². The summed E-state index contributed by atoms with van der Waals surface area (Å²) in [5, 5.41) is 0. The summed E-state index contributed by atoms with van der Waals surface area (Å²) in [5.41, 5.74) is 0.119. The summed E-state index contributed by atoms with van der Waals surface area (Å²) >= 11 is 0. The average Bonchev–Trinajstić information content (AvgIpc) is 3.07. The van der Waals surface area contributed by atoms with Crippen molar-refractivity contribution in [2.75, 3.05) is 26.4 Å². The zero-order valence-electron chi connectivity index (χ0n) is 25.5. The highest BCUT2D eigenvalue weighted by atomic mass is 19.1. The molecule has 0 N–H and O–H groups in total. The second-order valence-corrected chi connectivity index (χ2v) is 9.75. The first kappa shape index (κ1) is 36.0. The highest BCUT2D eigenvalue weighted by molar-refractivity contribution is 5.92. The number of carbonyl (C=O) groups is 4. The predicted molar refractivity (Wildman–Crippen MR) is 166 cm³/mol. The van der Waals surface area contributed by atoms with Gasteiger partial charge in [-0.2, -0.15) is 0 Å². The molecule has 0 heterocycles. The van der Waals surface area contributed by atoms with Crippen molar-refractivity contribution in [1.82, 2.24) is 0 Å². The summed E-state index contributed by atoms with van der Waals surface area (Å²) in [4.78, 5) is 47.0. The van der Waals surface area contributed by atoms with E-state index in [0.717, 1.165) is 50.0 Å². The first-order valence-corrected chi connectivity index (χ1v) is 14.7. The molecule has 3 rings (SSSR count). The molecule has 47 heavy (non-hydrogen) atoms. The fraction of sp³-hybridized carbons (Fsp3) is 0.257. The molecule has 248 valence electrons. The van der Waals surface area contributed by atoms with Crippen molar-refractivity contribution >= 4 is 23.9 Å². The highest BCUT2D eigenvalue weighted by Crippen LogP contribution is 2.29. The Kier molecular flexibility index (Phi) is 14.6.